The molecule has 1 heterocycles. The highest BCUT2D eigenvalue weighted by atomic mass is 16.5. The average Bonchev–Trinajstić information content (AvgIpc) is 3.03. The Morgan fingerprint density at radius 2 is 1.74 bits per heavy atom. The molecule has 1 aromatic carbocycles. The Balaban J connectivity index is 2.03. The Morgan fingerprint density at radius 1 is 1.07 bits per heavy atom. The van der Waals surface area contributed by atoms with E-state index in [9.17, 15) is 9.59 Å². The van der Waals surface area contributed by atoms with Gasteiger partial charge in [0, 0.05) is 32.1 Å². The van der Waals surface area contributed by atoms with E-state index in [2.05, 4.69) is 15.5 Å². The van der Waals surface area contributed by atoms with Crippen molar-refractivity contribution in [2.75, 3.05) is 42.0 Å². The van der Waals surface area contributed by atoms with Crippen molar-refractivity contribution in [1.82, 2.24) is 15.5 Å². The van der Waals surface area contributed by atoms with Crippen LogP contribution in [0.3, 0.4) is 0 Å². The van der Waals surface area contributed by atoms with Gasteiger partial charge in [-0.15, -0.1) is 0 Å². The van der Waals surface area contributed by atoms with Crippen LogP contribution in [0.4, 0.5) is 0 Å². The number of carbonyl (C=O) groups excluding carboxylic acids is 2. The Hall–Kier alpha value is -2.48. The molecule has 1 aliphatic rings. The van der Waals surface area contributed by atoms with E-state index in [4.69, 9.17) is 14.2 Å². The van der Waals surface area contributed by atoms with Gasteiger partial charge in [0.15, 0.2) is 11.5 Å². The lowest BCUT2D eigenvalue weighted by Gasteiger charge is -2.25. The molecule has 0 bridgehead atoms. The molecule has 2 atom stereocenters. The fraction of sp³-hybridized carbons (Fsp3) is 0.579. The van der Waals surface area contributed by atoms with Crippen LogP contribution in [-0.4, -0.2) is 70.8 Å². The SMILES string of the molecule is CNC(=O)C[C@H]1CC[C@@H](CNC(=O)c2ccc(OC)c(OC)c2OC)N1C. The van der Waals surface area contributed by atoms with Gasteiger partial charge in [0.2, 0.25) is 11.7 Å². The third kappa shape index (κ3) is 4.63. The molecule has 0 aromatic heterocycles. The normalized spacial score (nSPS) is 19.4. The smallest absolute Gasteiger partial charge is 0.255 e. The number of hydrogen-bond donors (Lipinski definition) is 2. The third-order valence-corrected chi connectivity index (χ3v) is 5.13. The maximum absolute atomic E-state index is 12.7. The molecule has 0 saturated carbocycles. The summed E-state index contributed by atoms with van der Waals surface area (Å²) in [6.07, 6.45) is 2.34. The second-order valence-electron chi connectivity index (χ2n) is 6.52. The fourth-order valence-electron chi connectivity index (χ4n) is 3.48. The summed E-state index contributed by atoms with van der Waals surface area (Å²) in [6.45, 7) is 0.497. The van der Waals surface area contributed by atoms with E-state index in [1.54, 1.807) is 19.2 Å². The number of rotatable bonds is 8. The van der Waals surface area contributed by atoms with E-state index in [0.29, 0.717) is 35.8 Å². The van der Waals surface area contributed by atoms with Crippen molar-refractivity contribution in [2.24, 2.45) is 0 Å². The number of likely N-dealkylation sites (N-methyl/N-ethyl adjacent to an activating group) is 1. The van der Waals surface area contributed by atoms with Crippen LogP contribution in [0.5, 0.6) is 17.2 Å². The number of ether oxygens (including phenoxy) is 3. The van der Waals surface area contributed by atoms with Crippen LogP contribution in [0.15, 0.2) is 12.1 Å². The first-order valence-corrected chi connectivity index (χ1v) is 8.96. The van der Waals surface area contributed by atoms with Crippen molar-refractivity contribution in [3.05, 3.63) is 17.7 Å². The lowest BCUT2D eigenvalue weighted by molar-refractivity contribution is -0.121. The summed E-state index contributed by atoms with van der Waals surface area (Å²) < 4.78 is 16.0. The first-order chi connectivity index (χ1) is 13.0. The quantitative estimate of drug-likeness (QED) is 0.702. The van der Waals surface area contributed by atoms with Gasteiger partial charge in [-0.05, 0) is 32.0 Å². The maximum Gasteiger partial charge on any atom is 0.255 e. The Labute approximate surface area is 160 Å². The molecule has 2 amide bonds. The van der Waals surface area contributed by atoms with Crippen LogP contribution < -0.4 is 24.8 Å². The zero-order valence-corrected chi connectivity index (χ0v) is 16.6. The molecular weight excluding hydrogens is 350 g/mol. The number of likely N-dealkylation sites (tertiary alicyclic amines) is 1. The van der Waals surface area contributed by atoms with Crippen molar-refractivity contribution in [3.8, 4) is 17.2 Å². The van der Waals surface area contributed by atoms with E-state index in [1.165, 1.54) is 21.3 Å². The van der Waals surface area contributed by atoms with Gasteiger partial charge in [0.05, 0.1) is 26.9 Å². The minimum Gasteiger partial charge on any atom is -0.493 e. The van der Waals surface area contributed by atoms with Crippen molar-refractivity contribution in [3.63, 3.8) is 0 Å². The highest BCUT2D eigenvalue weighted by Crippen LogP contribution is 2.39. The van der Waals surface area contributed by atoms with E-state index >= 15 is 0 Å². The molecule has 2 rings (SSSR count). The zero-order chi connectivity index (χ0) is 20.0. The van der Waals surface area contributed by atoms with E-state index in [-0.39, 0.29) is 23.9 Å². The van der Waals surface area contributed by atoms with Crippen LogP contribution in [0.2, 0.25) is 0 Å². The summed E-state index contributed by atoms with van der Waals surface area (Å²) in [5.74, 6) is 1.02. The molecule has 150 valence electrons. The minimum absolute atomic E-state index is 0.0339. The molecule has 1 fully saturated rings. The van der Waals surface area contributed by atoms with Crippen LogP contribution in [0.1, 0.15) is 29.6 Å². The van der Waals surface area contributed by atoms with Gasteiger partial charge in [-0.1, -0.05) is 0 Å². The van der Waals surface area contributed by atoms with Gasteiger partial charge in [-0.2, -0.15) is 0 Å². The van der Waals surface area contributed by atoms with E-state index in [0.717, 1.165) is 12.8 Å². The molecule has 0 radical (unpaired) electrons. The second-order valence-corrected chi connectivity index (χ2v) is 6.52. The van der Waals surface area contributed by atoms with Crippen molar-refractivity contribution in [2.45, 2.75) is 31.3 Å². The molecule has 1 aliphatic heterocycles. The van der Waals surface area contributed by atoms with Crippen LogP contribution >= 0.6 is 0 Å². The number of amides is 2. The van der Waals surface area contributed by atoms with Gasteiger partial charge in [-0.3, -0.25) is 14.5 Å². The molecule has 2 N–H and O–H groups in total. The van der Waals surface area contributed by atoms with Gasteiger partial charge in [-0.25, -0.2) is 0 Å². The Kier molecular flexibility index (Phi) is 7.29. The summed E-state index contributed by atoms with van der Waals surface area (Å²) >= 11 is 0. The standard InChI is InChI=1S/C19H29N3O5/c1-20-16(23)10-12-6-7-13(22(12)2)11-21-19(24)14-8-9-15(25-3)18(27-5)17(14)26-4/h8-9,12-13H,6-7,10-11H2,1-5H3,(H,20,23)(H,21,24)/t12-,13+/m1/s1. The molecule has 0 unspecified atom stereocenters. The number of nitrogens with zero attached hydrogens (tertiary/aromatic N) is 1. The van der Waals surface area contributed by atoms with Gasteiger partial charge < -0.3 is 24.8 Å². The maximum atomic E-state index is 12.7. The molecule has 1 saturated heterocycles. The first-order valence-electron chi connectivity index (χ1n) is 8.96. The monoisotopic (exact) mass is 379 g/mol. The van der Waals surface area contributed by atoms with Crippen molar-refractivity contribution < 1.29 is 23.8 Å². The molecule has 1 aromatic rings. The van der Waals surface area contributed by atoms with Crippen LogP contribution in [-0.2, 0) is 4.79 Å². The number of methoxy groups -OCH3 is 3. The second kappa shape index (κ2) is 9.45. The lowest BCUT2D eigenvalue weighted by atomic mass is 10.1. The third-order valence-electron chi connectivity index (χ3n) is 5.13. The predicted octanol–water partition coefficient (Wildman–Crippen LogP) is 1.04. The fourth-order valence-corrected chi connectivity index (χ4v) is 3.48. The highest BCUT2D eigenvalue weighted by Gasteiger charge is 2.32. The van der Waals surface area contributed by atoms with Gasteiger partial charge >= 0.3 is 0 Å². The van der Waals surface area contributed by atoms with E-state index < -0.39 is 0 Å². The number of carbonyl (C=O) groups is 2. The summed E-state index contributed by atoms with van der Waals surface area (Å²) in [5, 5.41) is 5.63. The van der Waals surface area contributed by atoms with E-state index in [1.807, 2.05) is 7.05 Å². The summed E-state index contributed by atoms with van der Waals surface area (Å²) in [5.41, 5.74) is 0.387. The minimum atomic E-state index is -0.240. The molecule has 27 heavy (non-hydrogen) atoms. The largest absolute Gasteiger partial charge is 0.493 e. The molecule has 0 aliphatic carbocycles. The number of benzene rings is 1. The van der Waals surface area contributed by atoms with Gasteiger partial charge in [0.25, 0.3) is 5.91 Å². The summed E-state index contributed by atoms with van der Waals surface area (Å²) in [4.78, 5) is 26.5. The highest BCUT2D eigenvalue weighted by molar-refractivity contribution is 5.98. The summed E-state index contributed by atoms with van der Waals surface area (Å²) in [7, 11) is 8.16. The zero-order valence-electron chi connectivity index (χ0n) is 16.6. The van der Waals surface area contributed by atoms with Crippen LogP contribution in [0.25, 0.3) is 0 Å². The lowest BCUT2D eigenvalue weighted by Crippen LogP contribution is -2.42. The predicted molar refractivity (Wildman–Crippen MR) is 102 cm³/mol. The first kappa shape index (κ1) is 20.8. The van der Waals surface area contributed by atoms with Gasteiger partial charge in [0.1, 0.15) is 0 Å². The van der Waals surface area contributed by atoms with Crippen molar-refractivity contribution in [1.29, 1.82) is 0 Å². The number of hydrogen-bond acceptors (Lipinski definition) is 6. The number of nitrogens with one attached hydrogen (secondary N) is 2. The van der Waals surface area contributed by atoms with Crippen molar-refractivity contribution >= 4 is 11.8 Å². The van der Waals surface area contributed by atoms with Crippen LogP contribution in [0, 0.1) is 0 Å². The molecule has 0 spiro atoms. The molecule has 8 heteroatoms. The molecule has 8 nitrogen and oxygen atoms in total. The molecular formula is C19H29N3O5. The average molecular weight is 379 g/mol. The topological polar surface area (TPSA) is 89.1 Å². The Bertz CT molecular complexity index is 680. The Morgan fingerprint density at radius 3 is 2.33 bits per heavy atom. The summed E-state index contributed by atoms with van der Waals surface area (Å²) in [6, 6.07) is 3.72.